The number of fused-ring (bicyclic) bond motifs is 1. The molecule has 0 spiro atoms. The Bertz CT molecular complexity index is 1130. The second-order valence-electron chi connectivity index (χ2n) is 10.8. The predicted octanol–water partition coefficient (Wildman–Crippen LogP) is 5.54. The molecule has 1 aliphatic heterocycles. The highest BCUT2D eigenvalue weighted by Crippen LogP contribution is 2.30. The highest BCUT2D eigenvalue weighted by Gasteiger charge is 2.27. The minimum Gasteiger partial charge on any atom is -0.379 e. The predicted molar refractivity (Wildman–Crippen MR) is 141 cm³/mol. The topological polar surface area (TPSA) is 66.1 Å². The Labute approximate surface area is 204 Å². The van der Waals surface area contributed by atoms with Gasteiger partial charge in [0.05, 0.1) is 11.3 Å². The highest BCUT2D eigenvalue weighted by molar-refractivity contribution is 6.76. The summed E-state index contributed by atoms with van der Waals surface area (Å²) in [6.07, 6.45) is 4.84. The van der Waals surface area contributed by atoms with Crippen molar-refractivity contribution in [3.8, 4) is 6.07 Å². The summed E-state index contributed by atoms with van der Waals surface area (Å²) in [5, 5.41) is 14.6. The van der Waals surface area contributed by atoms with Crippen LogP contribution in [0.5, 0.6) is 0 Å². The van der Waals surface area contributed by atoms with Gasteiger partial charge in [0.25, 0.3) is 0 Å². The number of aromatic nitrogens is 2. The van der Waals surface area contributed by atoms with E-state index >= 15 is 0 Å². The van der Waals surface area contributed by atoms with Crippen LogP contribution < -0.4 is 5.32 Å². The summed E-state index contributed by atoms with van der Waals surface area (Å²) in [5.74, 6) is 0.522. The normalized spacial score (nSPS) is 19.3. The van der Waals surface area contributed by atoms with Crippen LogP contribution in [-0.4, -0.2) is 48.3 Å². The Morgan fingerprint density at radius 3 is 2.74 bits per heavy atom. The maximum absolute atomic E-state index is 9.81. The van der Waals surface area contributed by atoms with Gasteiger partial charge in [-0.05, 0) is 36.6 Å². The van der Waals surface area contributed by atoms with Gasteiger partial charge in [0.15, 0.2) is 0 Å². The fraction of sp³-hybridized carbons (Fsp3) is 0.481. The standard InChI is InChI=1S/C27H37N5OSi/c1-21-10-12-31(18-22-8-6-5-7-9-22)19-25(21)30-26-23(16-28)17-29-27-24(26)11-13-32(27)20-33-14-15-34(2,3)4/h5-9,11,13,17,21,25H,10,12,14-15,18-20H2,1-4H3,(H,29,30)/t21-,25+/m1/s1. The summed E-state index contributed by atoms with van der Waals surface area (Å²) in [7, 11) is -1.12. The molecule has 3 heterocycles. The van der Waals surface area contributed by atoms with E-state index in [0.717, 1.165) is 55.4 Å². The zero-order valence-corrected chi connectivity index (χ0v) is 21.9. The lowest BCUT2D eigenvalue weighted by molar-refractivity contribution is 0.0899. The maximum atomic E-state index is 9.81. The number of pyridine rings is 1. The van der Waals surface area contributed by atoms with Crippen LogP contribution in [0.4, 0.5) is 5.69 Å². The number of hydrogen-bond donors (Lipinski definition) is 1. The van der Waals surface area contributed by atoms with Gasteiger partial charge in [0.2, 0.25) is 0 Å². The average Bonchev–Trinajstić information content (AvgIpc) is 3.22. The van der Waals surface area contributed by atoms with E-state index in [1.165, 1.54) is 5.56 Å². The van der Waals surface area contributed by atoms with Gasteiger partial charge in [-0.1, -0.05) is 56.9 Å². The van der Waals surface area contributed by atoms with Crippen LogP contribution in [0, 0.1) is 17.2 Å². The van der Waals surface area contributed by atoms with Crippen molar-refractivity contribution in [2.24, 2.45) is 5.92 Å². The maximum Gasteiger partial charge on any atom is 0.143 e. The summed E-state index contributed by atoms with van der Waals surface area (Å²) in [4.78, 5) is 7.11. The molecule has 6 nitrogen and oxygen atoms in total. The molecule has 1 aromatic carbocycles. The van der Waals surface area contributed by atoms with E-state index in [2.05, 4.69) is 84.2 Å². The van der Waals surface area contributed by atoms with Gasteiger partial charge in [0.1, 0.15) is 18.4 Å². The Balaban J connectivity index is 1.49. The minimum atomic E-state index is -1.12. The number of benzene rings is 1. The molecule has 1 fully saturated rings. The zero-order valence-electron chi connectivity index (χ0n) is 20.9. The third-order valence-corrected chi connectivity index (χ3v) is 8.46. The minimum absolute atomic E-state index is 0.270. The second-order valence-corrected chi connectivity index (χ2v) is 16.4. The van der Waals surface area contributed by atoms with E-state index in [0.29, 0.717) is 18.2 Å². The molecule has 0 radical (unpaired) electrons. The molecule has 2 aromatic heterocycles. The molecule has 34 heavy (non-hydrogen) atoms. The number of anilines is 1. The van der Waals surface area contributed by atoms with Crippen LogP contribution in [0.15, 0.2) is 48.8 Å². The molecule has 1 aliphatic rings. The quantitative estimate of drug-likeness (QED) is 0.325. The summed E-state index contributed by atoms with van der Waals surface area (Å²) in [6, 6.07) is 16.5. The van der Waals surface area contributed by atoms with Crippen molar-refractivity contribution >= 4 is 24.8 Å². The zero-order chi connectivity index (χ0) is 24.1. The molecule has 180 valence electrons. The van der Waals surface area contributed by atoms with Crippen molar-refractivity contribution in [3.63, 3.8) is 0 Å². The lowest BCUT2D eigenvalue weighted by Crippen LogP contribution is -2.46. The van der Waals surface area contributed by atoms with Crippen molar-refractivity contribution < 1.29 is 4.74 Å². The second kappa shape index (κ2) is 10.7. The number of piperidine rings is 1. The molecule has 7 heteroatoms. The van der Waals surface area contributed by atoms with E-state index in [-0.39, 0.29) is 6.04 Å². The van der Waals surface area contributed by atoms with E-state index in [1.54, 1.807) is 6.20 Å². The van der Waals surface area contributed by atoms with Crippen LogP contribution in [0.2, 0.25) is 25.7 Å². The number of hydrogen-bond acceptors (Lipinski definition) is 5. The first-order valence-corrected chi connectivity index (χ1v) is 16.0. The summed E-state index contributed by atoms with van der Waals surface area (Å²) in [5.41, 5.74) is 3.69. The van der Waals surface area contributed by atoms with Gasteiger partial charge < -0.3 is 14.6 Å². The largest absolute Gasteiger partial charge is 0.379 e. The Hall–Kier alpha value is -2.66. The lowest BCUT2D eigenvalue weighted by atomic mass is 9.92. The number of nitrogens with one attached hydrogen (secondary N) is 1. The van der Waals surface area contributed by atoms with E-state index in [4.69, 9.17) is 4.74 Å². The number of likely N-dealkylation sites (tertiary alicyclic amines) is 1. The van der Waals surface area contributed by atoms with Gasteiger partial charge in [-0.15, -0.1) is 0 Å². The third-order valence-electron chi connectivity index (χ3n) is 6.76. The number of rotatable bonds is 9. The molecule has 0 amide bonds. The van der Waals surface area contributed by atoms with Crippen molar-refractivity contribution in [3.05, 3.63) is 59.9 Å². The molecule has 0 saturated carbocycles. The van der Waals surface area contributed by atoms with Gasteiger partial charge in [-0.3, -0.25) is 4.90 Å². The molecule has 0 aliphatic carbocycles. The van der Waals surface area contributed by atoms with Gasteiger partial charge in [0, 0.05) is 51.6 Å². The van der Waals surface area contributed by atoms with E-state index in [1.807, 2.05) is 10.8 Å². The average molecular weight is 476 g/mol. The van der Waals surface area contributed by atoms with Crippen LogP contribution in [0.1, 0.15) is 24.5 Å². The van der Waals surface area contributed by atoms with Crippen LogP contribution in [-0.2, 0) is 18.0 Å². The molecule has 2 atom stereocenters. The molecule has 4 rings (SSSR count). The van der Waals surface area contributed by atoms with Crippen LogP contribution in [0.25, 0.3) is 11.0 Å². The van der Waals surface area contributed by atoms with Gasteiger partial charge >= 0.3 is 0 Å². The highest BCUT2D eigenvalue weighted by atomic mass is 28.3. The Morgan fingerprint density at radius 2 is 2.00 bits per heavy atom. The molecular weight excluding hydrogens is 438 g/mol. The van der Waals surface area contributed by atoms with Crippen LogP contribution >= 0.6 is 0 Å². The SMILES string of the molecule is C[C@@H]1CCN(Cc2ccccc2)C[C@@H]1Nc1c(C#N)cnc2c1ccn2COCC[Si](C)(C)C. The molecular formula is C27H37N5OSi. The third kappa shape index (κ3) is 6.06. The first kappa shape index (κ1) is 24.5. The smallest absolute Gasteiger partial charge is 0.143 e. The van der Waals surface area contributed by atoms with Gasteiger partial charge in [-0.2, -0.15) is 5.26 Å². The van der Waals surface area contributed by atoms with Crippen molar-refractivity contribution in [2.75, 3.05) is 25.0 Å². The Kier molecular flexibility index (Phi) is 7.72. The molecule has 0 bridgehead atoms. The fourth-order valence-electron chi connectivity index (χ4n) is 4.52. The van der Waals surface area contributed by atoms with Crippen molar-refractivity contribution in [1.82, 2.24) is 14.5 Å². The summed E-state index contributed by atoms with van der Waals surface area (Å²) in [6.45, 7) is 13.6. The summed E-state index contributed by atoms with van der Waals surface area (Å²) < 4.78 is 8.00. The molecule has 1 saturated heterocycles. The molecule has 0 unspecified atom stereocenters. The number of ether oxygens (including phenoxy) is 1. The number of nitrogens with zero attached hydrogens (tertiary/aromatic N) is 4. The lowest BCUT2D eigenvalue weighted by Gasteiger charge is -2.38. The fourth-order valence-corrected chi connectivity index (χ4v) is 5.28. The molecule has 3 aromatic rings. The number of nitriles is 1. The van der Waals surface area contributed by atoms with E-state index in [9.17, 15) is 5.26 Å². The van der Waals surface area contributed by atoms with Crippen LogP contribution in [0.3, 0.4) is 0 Å². The monoisotopic (exact) mass is 475 g/mol. The van der Waals surface area contributed by atoms with Crippen molar-refractivity contribution in [2.45, 2.75) is 58.3 Å². The van der Waals surface area contributed by atoms with Gasteiger partial charge in [-0.25, -0.2) is 4.98 Å². The molecule has 1 N–H and O–H groups in total. The summed E-state index contributed by atoms with van der Waals surface area (Å²) >= 11 is 0. The van der Waals surface area contributed by atoms with E-state index < -0.39 is 8.07 Å². The Morgan fingerprint density at radius 1 is 1.21 bits per heavy atom. The van der Waals surface area contributed by atoms with Crippen molar-refractivity contribution in [1.29, 1.82) is 5.26 Å². The first-order valence-electron chi connectivity index (χ1n) is 12.3. The first-order chi connectivity index (χ1) is 16.3.